The summed E-state index contributed by atoms with van der Waals surface area (Å²) in [4.78, 5) is 32.4. The highest BCUT2D eigenvalue weighted by molar-refractivity contribution is 9.10. The third-order valence-electron chi connectivity index (χ3n) is 6.02. The van der Waals surface area contributed by atoms with Gasteiger partial charge in [-0.05, 0) is 54.4 Å². The first kappa shape index (κ1) is 25.9. The summed E-state index contributed by atoms with van der Waals surface area (Å²) in [5.41, 5.74) is 10.8. The largest absolute Gasteiger partial charge is 0.397 e. The molecule has 38 heavy (non-hydrogen) atoms. The number of nitrogen functional groups attached to an aromatic ring is 1. The van der Waals surface area contributed by atoms with Crippen molar-refractivity contribution in [1.82, 2.24) is 10.3 Å². The highest BCUT2D eigenvalue weighted by atomic mass is 79.9. The van der Waals surface area contributed by atoms with Gasteiger partial charge >= 0.3 is 0 Å². The van der Waals surface area contributed by atoms with Crippen LogP contribution >= 0.6 is 38.9 Å². The monoisotopic (exact) mass is 604 g/mol. The van der Waals surface area contributed by atoms with Gasteiger partial charge in [-0.25, -0.2) is 4.98 Å². The van der Waals surface area contributed by atoms with E-state index in [4.69, 9.17) is 22.3 Å². The third-order valence-corrected chi connectivity index (χ3v) is 7.90. The number of amides is 2. The number of pyridine rings is 1. The Kier molecular flexibility index (Phi) is 7.46. The zero-order valence-electron chi connectivity index (χ0n) is 20.2. The molecule has 5 aromatic rings. The van der Waals surface area contributed by atoms with Crippen molar-refractivity contribution in [1.29, 1.82) is 0 Å². The van der Waals surface area contributed by atoms with Crippen LogP contribution in [0.4, 0.5) is 11.4 Å². The quantitative estimate of drug-likeness (QED) is 0.187. The zero-order chi connectivity index (χ0) is 26.8. The smallest absolute Gasteiger partial charge is 0.263 e. The number of benzene rings is 3. The lowest BCUT2D eigenvalue weighted by molar-refractivity contribution is 0.0955. The fraction of sp³-hybridized carbons (Fsp3) is 0.0690. The zero-order valence-corrected chi connectivity index (χ0v) is 23.4. The van der Waals surface area contributed by atoms with Gasteiger partial charge in [0, 0.05) is 32.7 Å². The first-order chi connectivity index (χ1) is 18.3. The number of aromatic nitrogens is 1. The van der Waals surface area contributed by atoms with Crippen LogP contribution in [0.2, 0.25) is 5.02 Å². The normalized spacial score (nSPS) is 10.9. The molecule has 0 radical (unpaired) electrons. The molecule has 2 amide bonds. The van der Waals surface area contributed by atoms with Crippen molar-refractivity contribution in [2.24, 2.45) is 0 Å². The Labute approximate surface area is 237 Å². The molecule has 0 atom stereocenters. The molecule has 0 bridgehead atoms. The topological polar surface area (TPSA) is 97.1 Å². The number of hydrogen-bond donors (Lipinski definition) is 3. The van der Waals surface area contributed by atoms with Crippen molar-refractivity contribution >= 4 is 72.3 Å². The summed E-state index contributed by atoms with van der Waals surface area (Å²) in [6, 6.07) is 24.1. The molecule has 2 heterocycles. The lowest BCUT2D eigenvalue weighted by Crippen LogP contribution is -2.22. The van der Waals surface area contributed by atoms with E-state index < -0.39 is 0 Å². The Balaban J connectivity index is 1.61. The van der Waals surface area contributed by atoms with E-state index in [9.17, 15) is 9.59 Å². The number of nitrogens with two attached hydrogens (primary N) is 1. The minimum Gasteiger partial charge on any atom is -0.397 e. The number of rotatable bonds is 6. The number of nitrogens with one attached hydrogen (secondary N) is 2. The highest BCUT2D eigenvalue weighted by Crippen LogP contribution is 2.42. The molecule has 0 spiro atoms. The molecule has 0 saturated heterocycles. The van der Waals surface area contributed by atoms with Gasteiger partial charge in [0.1, 0.15) is 9.71 Å². The van der Waals surface area contributed by atoms with Gasteiger partial charge in [-0.3, -0.25) is 9.59 Å². The standard InChI is InChI=1S/C29H22BrClN4O2S/c1-16-22(27(36)35-21-13-11-20(31)12-14-21)23(18-7-9-19(30)10-8-18)24-25(32)26(38-29(24)34-16)28(37)33-15-17-5-3-2-4-6-17/h2-14H,15,32H2,1H3,(H,33,37)(H,35,36). The van der Waals surface area contributed by atoms with Crippen LogP contribution in [0.15, 0.2) is 83.3 Å². The minimum absolute atomic E-state index is 0.291. The van der Waals surface area contributed by atoms with Crippen LogP contribution in [-0.2, 0) is 6.54 Å². The first-order valence-corrected chi connectivity index (χ1v) is 13.7. The van der Waals surface area contributed by atoms with Gasteiger partial charge in [-0.1, -0.05) is 70.0 Å². The Morgan fingerprint density at radius 3 is 2.34 bits per heavy atom. The Morgan fingerprint density at radius 1 is 0.974 bits per heavy atom. The molecule has 5 rings (SSSR count). The maximum atomic E-state index is 13.6. The van der Waals surface area contributed by atoms with E-state index >= 15 is 0 Å². The first-order valence-electron chi connectivity index (χ1n) is 11.7. The molecule has 0 fully saturated rings. The van der Waals surface area contributed by atoms with Crippen molar-refractivity contribution in [3.63, 3.8) is 0 Å². The van der Waals surface area contributed by atoms with Gasteiger partial charge in [-0.2, -0.15) is 0 Å². The SMILES string of the molecule is Cc1nc2sc(C(=O)NCc3ccccc3)c(N)c2c(-c2ccc(Br)cc2)c1C(=O)Nc1ccc(Cl)cc1. The fourth-order valence-corrected chi connectivity index (χ4v) is 5.66. The Bertz CT molecular complexity index is 1650. The van der Waals surface area contributed by atoms with Crippen molar-refractivity contribution in [2.75, 3.05) is 11.1 Å². The summed E-state index contributed by atoms with van der Waals surface area (Å²) in [5, 5.41) is 7.03. The molecule has 0 aliphatic heterocycles. The number of carbonyl (C=O) groups excluding carboxylic acids is 2. The second kappa shape index (κ2) is 10.9. The van der Waals surface area contributed by atoms with Crippen LogP contribution < -0.4 is 16.4 Å². The summed E-state index contributed by atoms with van der Waals surface area (Å²) in [5.74, 6) is -0.626. The van der Waals surface area contributed by atoms with Crippen molar-refractivity contribution < 1.29 is 9.59 Å². The number of nitrogens with zero attached hydrogens (tertiary/aromatic N) is 1. The maximum absolute atomic E-state index is 13.6. The molecule has 3 aromatic carbocycles. The molecule has 6 nitrogen and oxygen atoms in total. The van der Waals surface area contributed by atoms with Crippen LogP contribution in [0.3, 0.4) is 0 Å². The number of carbonyl (C=O) groups is 2. The molecular formula is C29H22BrClN4O2S. The van der Waals surface area contributed by atoms with E-state index in [-0.39, 0.29) is 11.8 Å². The molecule has 0 aliphatic carbocycles. The minimum atomic E-state index is -0.335. The van der Waals surface area contributed by atoms with Crippen LogP contribution in [-0.4, -0.2) is 16.8 Å². The van der Waals surface area contributed by atoms with Gasteiger partial charge in [0.25, 0.3) is 11.8 Å². The fourth-order valence-electron chi connectivity index (χ4n) is 4.20. The van der Waals surface area contributed by atoms with E-state index in [0.717, 1.165) is 15.6 Å². The number of fused-ring (bicyclic) bond motifs is 1. The highest BCUT2D eigenvalue weighted by Gasteiger charge is 2.26. The van der Waals surface area contributed by atoms with Gasteiger partial charge < -0.3 is 16.4 Å². The Morgan fingerprint density at radius 2 is 1.66 bits per heavy atom. The number of hydrogen-bond acceptors (Lipinski definition) is 5. The summed E-state index contributed by atoms with van der Waals surface area (Å²) in [6.45, 7) is 2.15. The molecule has 9 heteroatoms. The van der Waals surface area contributed by atoms with E-state index in [1.54, 1.807) is 31.2 Å². The summed E-state index contributed by atoms with van der Waals surface area (Å²) >= 11 is 10.7. The summed E-state index contributed by atoms with van der Waals surface area (Å²) in [6.07, 6.45) is 0. The lowest BCUT2D eigenvalue weighted by Gasteiger charge is -2.15. The molecule has 2 aromatic heterocycles. The number of aryl methyl sites for hydroxylation is 1. The van der Waals surface area contributed by atoms with Crippen molar-refractivity contribution in [2.45, 2.75) is 13.5 Å². The lowest BCUT2D eigenvalue weighted by atomic mass is 9.94. The van der Waals surface area contributed by atoms with Gasteiger partial charge in [0.2, 0.25) is 0 Å². The van der Waals surface area contributed by atoms with Crippen LogP contribution in [0.5, 0.6) is 0 Å². The number of halogens is 2. The second-order valence-electron chi connectivity index (χ2n) is 8.61. The molecular weight excluding hydrogens is 584 g/mol. The van der Waals surface area contributed by atoms with Gasteiger partial charge in [0.05, 0.1) is 16.9 Å². The number of thiophene rings is 1. The van der Waals surface area contributed by atoms with E-state index in [1.807, 2.05) is 54.6 Å². The predicted octanol–water partition coefficient (Wildman–Crippen LogP) is 7.45. The van der Waals surface area contributed by atoms with E-state index in [1.165, 1.54) is 11.3 Å². The molecule has 4 N–H and O–H groups in total. The van der Waals surface area contributed by atoms with Crippen LogP contribution in [0, 0.1) is 6.92 Å². The average molecular weight is 606 g/mol. The van der Waals surface area contributed by atoms with Crippen molar-refractivity contribution in [3.8, 4) is 11.1 Å². The molecule has 0 aliphatic rings. The molecule has 190 valence electrons. The average Bonchev–Trinajstić information content (AvgIpc) is 3.24. The van der Waals surface area contributed by atoms with E-state index in [0.29, 0.717) is 54.9 Å². The summed E-state index contributed by atoms with van der Waals surface area (Å²) in [7, 11) is 0. The van der Waals surface area contributed by atoms with Crippen molar-refractivity contribution in [3.05, 3.63) is 110 Å². The maximum Gasteiger partial charge on any atom is 0.263 e. The third kappa shape index (κ3) is 5.29. The van der Waals surface area contributed by atoms with Gasteiger partial charge in [-0.15, -0.1) is 11.3 Å². The van der Waals surface area contributed by atoms with Crippen LogP contribution in [0.25, 0.3) is 21.3 Å². The summed E-state index contributed by atoms with van der Waals surface area (Å²) < 4.78 is 0.898. The van der Waals surface area contributed by atoms with Crippen LogP contribution in [0.1, 0.15) is 31.3 Å². The predicted molar refractivity (Wildman–Crippen MR) is 159 cm³/mol. The number of anilines is 2. The second-order valence-corrected chi connectivity index (χ2v) is 11.0. The van der Waals surface area contributed by atoms with E-state index in [2.05, 4.69) is 26.6 Å². The Hall–Kier alpha value is -3.72. The molecule has 0 unspecified atom stereocenters. The van der Waals surface area contributed by atoms with Gasteiger partial charge in [0.15, 0.2) is 0 Å². The molecule has 0 saturated carbocycles.